The first kappa shape index (κ1) is 21.1. The zero-order chi connectivity index (χ0) is 22.2. The molecular weight excluding hydrogens is 475 g/mol. The summed E-state index contributed by atoms with van der Waals surface area (Å²) in [5.41, 5.74) is 2.57. The van der Waals surface area contributed by atoms with Gasteiger partial charge in [0.15, 0.2) is 11.6 Å². The Labute approximate surface area is 194 Å². The molecule has 0 saturated heterocycles. The van der Waals surface area contributed by atoms with Gasteiger partial charge < -0.3 is 9.47 Å². The van der Waals surface area contributed by atoms with Gasteiger partial charge in [-0.3, -0.25) is 9.59 Å². The number of carbonyl (C=O) groups excluding carboxylic acids is 2. The molecule has 0 radical (unpaired) electrons. The highest BCUT2D eigenvalue weighted by Gasteiger charge is 2.41. The van der Waals surface area contributed by atoms with E-state index in [9.17, 15) is 14.0 Å². The lowest BCUT2D eigenvalue weighted by Gasteiger charge is -2.36. The van der Waals surface area contributed by atoms with Crippen LogP contribution < -0.4 is 4.74 Å². The topological polar surface area (TPSA) is 52.6 Å². The molecule has 0 amide bonds. The van der Waals surface area contributed by atoms with Crippen molar-refractivity contribution in [2.75, 3.05) is 0 Å². The number of ketones is 2. The smallest absolute Gasteiger partial charge is 0.163 e. The Morgan fingerprint density at radius 1 is 0.938 bits per heavy atom. The number of Topliss-reactive ketones (excluding diaryl/α,β-unsaturated/α-hetero) is 2. The van der Waals surface area contributed by atoms with Gasteiger partial charge in [-0.05, 0) is 52.5 Å². The Balaban J connectivity index is 1.49. The Bertz CT molecular complexity index is 1140. The van der Waals surface area contributed by atoms with E-state index in [4.69, 9.17) is 9.47 Å². The molecule has 6 heteroatoms. The Morgan fingerprint density at radius 3 is 2.22 bits per heavy atom. The van der Waals surface area contributed by atoms with Gasteiger partial charge in [-0.2, -0.15) is 0 Å². The molecule has 32 heavy (non-hydrogen) atoms. The third-order valence-electron chi connectivity index (χ3n) is 6.27. The molecule has 0 bridgehead atoms. The van der Waals surface area contributed by atoms with Crippen LogP contribution in [0, 0.1) is 5.82 Å². The second kappa shape index (κ2) is 8.66. The second-order valence-electron chi connectivity index (χ2n) is 8.33. The molecule has 0 unspecified atom stereocenters. The molecule has 0 saturated carbocycles. The molecule has 0 N–H and O–H groups in total. The molecule has 1 heterocycles. The Kier molecular flexibility index (Phi) is 5.72. The van der Waals surface area contributed by atoms with Crippen LogP contribution in [0.1, 0.15) is 55.6 Å². The average molecular weight is 497 g/mol. The number of hydrogen-bond donors (Lipinski definition) is 0. The van der Waals surface area contributed by atoms with Crippen LogP contribution in [-0.4, -0.2) is 11.6 Å². The van der Waals surface area contributed by atoms with E-state index in [2.05, 4.69) is 15.9 Å². The highest BCUT2D eigenvalue weighted by molar-refractivity contribution is 9.10. The van der Waals surface area contributed by atoms with Crippen molar-refractivity contribution in [3.05, 3.63) is 86.5 Å². The summed E-state index contributed by atoms with van der Waals surface area (Å²) in [5, 5.41) is 0. The van der Waals surface area contributed by atoms with E-state index < -0.39 is 5.92 Å². The predicted molar refractivity (Wildman–Crippen MR) is 120 cm³/mol. The van der Waals surface area contributed by atoms with Gasteiger partial charge in [0.1, 0.15) is 29.7 Å². The molecule has 4 nitrogen and oxygen atoms in total. The van der Waals surface area contributed by atoms with E-state index in [-0.39, 0.29) is 24.0 Å². The van der Waals surface area contributed by atoms with Crippen molar-refractivity contribution in [1.29, 1.82) is 0 Å². The second-order valence-corrected chi connectivity index (χ2v) is 9.19. The fourth-order valence-corrected chi connectivity index (χ4v) is 5.25. The number of ether oxygens (including phenoxy) is 2. The monoisotopic (exact) mass is 496 g/mol. The van der Waals surface area contributed by atoms with E-state index in [1.54, 1.807) is 24.3 Å². The summed E-state index contributed by atoms with van der Waals surface area (Å²) in [7, 11) is 0. The summed E-state index contributed by atoms with van der Waals surface area (Å²) in [6, 6.07) is 12.1. The van der Waals surface area contributed by atoms with Crippen LogP contribution in [0.2, 0.25) is 0 Å². The van der Waals surface area contributed by atoms with Crippen molar-refractivity contribution in [3.63, 3.8) is 0 Å². The summed E-state index contributed by atoms with van der Waals surface area (Å²) in [5.74, 6) is 1.39. The Morgan fingerprint density at radius 2 is 1.59 bits per heavy atom. The van der Waals surface area contributed by atoms with Gasteiger partial charge >= 0.3 is 0 Å². The highest BCUT2D eigenvalue weighted by atomic mass is 79.9. The van der Waals surface area contributed by atoms with Crippen molar-refractivity contribution in [2.45, 2.75) is 51.0 Å². The number of hydrogen-bond acceptors (Lipinski definition) is 4. The highest BCUT2D eigenvalue weighted by Crippen LogP contribution is 2.48. The fourth-order valence-electron chi connectivity index (χ4n) is 4.74. The quantitative estimate of drug-likeness (QED) is 0.498. The first-order chi connectivity index (χ1) is 15.5. The number of allylic oxidation sites excluding steroid dienone is 4. The van der Waals surface area contributed by atoms with Crippen LogP contribution in [0.3, 0.4) is 0 Å². The van der Waals surface area contributed by atoms with Gasteiger partial charge in [0.25, 0.3) is 0 Å². The summed E-state index contributed by atoms with van der Waals surface area (Å²) in [6.45, 7) is 0.101. The van der Waals surface area contributed by atoms with Gasteiger partial charge in [-0.15, -0.1) is 0 Å². The summed E-state index contributed by atoms with van der Waals surface area (Å²) >= 11 is 3.56. The Hall–Kier alpha value is -2.73. The molecule has 0 fully saturated rings. The molecule has 0 spiro atoms. The maximum Gasteiger partial charge on any atom is 0.163 e. The molecule has 2 aromatic rings. The summed E-state index contributed by atoms with van der Waals surface area (Å²) in [6.07, 6.45) is 3.92. The minimum atomic E-state index is -0.411. The van der Waals surface area contributed by atoms with Crippen molar-refractivity contribution in [2.24, 2.45) is 0 Å². The standard InChI is InChI=1S/C26H22BrFO4/c27-17-13-15(11-12-21(17)31-14-16-5-1-2-6-18(16)28)24-25-19(29)7-3-9-22(25)32-23-10-4-8-20(30)26(23)24/h1-2,5-6,11-13,24H,3-4,7-10,14H2. The molecule has 5 rings (SSSR count). The summed E-state index contributed by atoms with van der Waals surface area (Å²) < 4.78 is 26.5. The molecular formula is C26H22BrFO4. The van der Waals surface area contributed by atoms with Crippen molar-refractivity contribution >= 4 is 27.5 Å². The first-order valence-corrected chi connectivity index (χ1v) is 11.7. The molecule has 164 valence electrons. The number of halogens is 2. The SMILES string of the molecule is O=C1CCCC2=C1C(c1ccc(OCc3ccccc3F)c(Br)c1)C1=C(CCCC1=O)O2. The van der Waals surface area contributed by atoms with Gasteiger partial charge in [-0.1, -0.05) is 24.3 Å². The molecule has 0 aromatic heterocycles. The minimum absolute atomic E-state index is 0.0529. The van der Waals surface area contributed by atoms with E-state index in [1.165, 1.54) is 6.07 Å². The zero-order valence-corrected chi connectivity index (χ0v) is 19.0. The lowest BCUT2D eigenvalue weighted by Crippen LogP contribution is -2.30. The number of rotatable bonds is 4. The van der Waals surface area contributed by atoms with E-state index in [0.717, 1.165) is 29.9 Å². The maximum absolute atomic E-state index is 13.9. The van der Waals surface area contributed by atoms with Crippen LogP contribution in [0.4, 0.5) is 4.39 Å². The van der Waals surface area contributed by atoms with Gasteiger partial charge in [0, 0.05) is 48.3 Å². The van der Waals surface area contributed by atoms with Crippen molar-refractivity contribution < 1.29 is 23.5 Å². The van der Waals surface area contributed by atoms with Gasteiger partial charge in [-0.25, -0.2) is 4.39 Å². The third kappa shape index (κ3) is 3.81. The number of carbonyl (C=O) groups is 2. The molecule has 0 atom stereocenters. The molecule has 2 aromatic carbocycles. The molecule has 2 aliphatic carbocycles. The fraction of sp³-hybridized carbons (Fsp3) is 0.308. The van der Waals surface area contributed by atoms with Crippen LogP contribution in [-0.2, 0) is 20.9 Å². The first-order valence-electron chi connectivity index (χ1n) is 10.9. The lowest BCUT2D eigenvalue weighted by atomic mass is 9.73. The van der Waals surface area contributed by atoms with Crippen LogP contribution in [0.15, 0.2) is 69.6 Å². The van der Waals surface area contributed by atoms with Crippen LogP contribution in [0.5, 0.6) is 5.75 Å². The van der Waals surface area contributed by atoms with Crippen LogP contribution >= 0.6 is 15.9 Å². The lowest BCUT2D eigenvalue weighted by molar-refractivity contribution is -0.117. The molecule has 3 aliphatic rings. The van der Waals surface area contributed by atoms with Crippen LogP contribution in [0.25, 0.3) is 0 Å². The van der Waals surface area contributed by atoms with E-state index in [0.29, 0.717) is 52.6 Å². The summed E-state index contributed by atoms with van der Waals surface area (Å²) in [4.78, 5) is 25.8. The molecule has 1 aliphatic heterocycles. The largest absolute Gasteiger partial charge is 0.488 e. The van der Waals surface area contributed by atoms with Gasteiger partial charge in [0.2, 0.25) is 0 Å². The van der Waals surface area contributed by atoms with Crippen molar-refractivity contribution in [1.82, 2.24) is 0 Å². The minimum Gasteiger partial charge on any atom is -0.488 e. The van der Waals surface area contributed by atoms with E-state index >= 15 is 0 Å². The van der Waals surface area contributed by atoms with Gasteiger partial charge in [0.05, 0.1) is 4.47 Å². The zero-order valence-electron chi connectivity index (χ0n) is 17.5. The maximum atomic E-state index is 13.9. The third-order valence-corrected chi connectivity index (χ3v) is 6.89. The predicted octanol–water partition coefficient (Wildman–Crippen LogP) is 6.30. The van der Waals surface area contributed by atoms with Crippen molar-refractivity contribution in [3.8, 4) is 5.75 Å². The average Bonchev–Trinajstić information content (AvgIpc) is 2.78. The van der Waals surface area contributed by atoms with E-state index in [1.807, 2.05) is 12.1 Å². The number of benzene rings is 2. The normalized spacial score (nSPS) is 18.9.